The zero-order chi connectivity index (χ0) is 13.9. The lowest BCUT2D eigenvalue weighted by Gasteiger charge is -2.13. The molecule has 108 valence electrons. The Labute approximate surface area is 116 Å². The number of hydrogen-bond donors (Lipinski definition) is 1. The Morgan fingerprint density at radius 3 is 3.05 bits per heavy atom. The molecule has 0 radical (unpaired) electrons. The largest absolute Gasteiger partial charge is 0.476 e. The smallest absolute Gasteiger partial charge is 0.245 e. The Bertz CT molecular complexity index is 586. The molecule has 1 aliphatic rings. The van der Waals surface area contributed by atoms with Crippen molar-refractivity contribution in [1.29, 1.82) is 0 Å². The van der Waals surface area contributed by atoms with Gasteiger partial charge in [0.15, 0.2) is 11.2 Å². The van der Waals surface area contributed by atoms with Crippen LogP contribution in [-0.2, 0) is 4.74 Å². The molecule has 1 fully saturated rings. The first-order valence-corrected chi connectivity index (χ1v) is 6.90. The first kappa shape index (κ1) is 13.3. The summed E-state index contributed by atoms with van der Waals surface area (Å²) in [5.74, 6) is 0.507. The molecule has 0 amide bonds. The van der Waals surface area contributed by atoms with Gasteiger partial charge >= 0.3 is 0 Å². The number of aliphatic hydroxyl groups is 1. The normalized spacial score (nSPS) is 22.5. The molecule has 3 rings (SSSR count). The number of rotatable bonds is 5. The Kier molecular flexibility index (Phi) is 3.79. The zero-order valence-electron chi connectivity index (χ0n) is 11.4. The summed E-state index contributed by atoms with van der Waals surface area (Å²) in [5.41, 5.74) is 1.35. The second kappa shape index (κ2) is 5.72. The molecular formula is C13H18N4O3. The van der Waals surface area contributed by atoms with E-state index in [1.807, 2.05) is 11.5 Å². The molecule has 0 spiro atoms. The van der Waals surface area contributed by atoms with E-state index >= 15 is 0 Å². The van der Waals surface area contributed by atoms with Crippen LogP contribution in [0.2, 0.25) is 0 Å². The molecule has 0 aromatic carbocycles. The van der Waals surface area contributed by atoms with E-state index in [1.165, 1.54) is 6.33 Å². The van der Waals surface area contributed by atoms with E-state index in [0.717, 1.165) is 19.3 Å². The Morgan fingerprint density at radius 1 is 1.40 bits per heavy atom. The first-order valence-electron chi connectivity index (χ1n) is 6.90. The molecule has 0 aliphatic carbocycles. The van der Waals surface area contributed by atoms with Crippen LogP contribution in [0.3, 0.4) is 0 Å². The van der Waals surface area contributed by atoms with Crippen molar-refractivity contribution in [2.45, 2.75) is 38.5 Å². The summed E-state index contributed by atoms with van der Waals surface area (Å²) in [7, 11) is 0. The highest BCUT2D eigenvalue weighted by Gasteiger charge is 2.27. The van der Waals surface area contributed by atoms with Crippen LogP contribution in [0.5, 0.6) is 5.88 Å². The third-order valence-corrected chi connectivity index (χ3v) is 3.37. The van der Waals surface area contributed by atoms with Gasteiger partial charge in [-0.2, -0.15) is 4.98 Å². The van der Waals surface area contributed by atoms with Crippen molar-refractivity contribution < 1.29 is 14.6 Å². The van der Waals surface area contributed by atoms with Crippen LogP contribution in [0.4, 0.5) is 0 Å². The first-order chi connectivity index (χ1) is 9.83. The zero-order valence-corrected chi connectivity index (χ0v) is 11.4. The number of fused-ring (bicyclic) bond motifs is 1. The molecule has 20 heavy (non-hydrogen) atoms. The van der Waals surface area contributed by atoms with Gasteiger partial charge in [0.25, 0.3) is 0 Å². The third kappa shape index (κ3) is 2.34. The summed E-state index contributed by atoms with van der Waals surface area (Å²) in [5, 5.41) is 9.14. The minimum Gasteiger partial charge on any atom is -0.476 e. The van der Waals surface area contributed by atoms with E-state index < -0.39 is 0 Å². The van der Waals surface area contributed by atoms with Crippen LogP contribution in [0.1, 0.15) is 32.4 Å². The number of aliphatic hydroxyl groups excluding tert-OH is 1. The fourth-order valence-corrected chi connectivity index (χ4v) is 2.37. The molecule has 2 aromatic heterocycles. The average molecular weight is 278 g/mol. The summed E-state index contributed by atoms with van der Waals surface area (Å²) in [6.07, 6.45) is 5.53. The topological polar surface area (TPSA) is 82.3 Å². The van der Waals surface area contributed by atoms with Crippen molar-refractivity contribution >= 4 is 11.2 Å². The van der Waals surface area contributed by atoms with Gasteiger partial charge in [-0.15, -0.1) is 0 Å². The number of hydrogen-bond acceptors (Lipinski definition) is 6. The number of imidazole rings is 1. The van der Waals surface area contributed by atoms with Crippen molar-refractivity contribution in [1.82, 2.24) is 19.5 Å². The third-order valence-electron chi connectivity index (χ3n) is 3.37. The van der Waals surface area contributed by atoms with Gasteiger partial charge in [-0.1, -0.05) is 6.92 Å². The van der Waals surface area contributed by atoms with Gasteiger partial charge in [0.1, 0.15) is 12.6 Å². The monoisotopic (exact) mass is 278 g/mol. The van der Waals surface area contributed by atoms with Crippen LogP contribution in [0, 0.1) is 0 Å². The summed E-state index contributed by atoms with van der Waals surface area (Å²) >= 11 is 0. The molecule has 7 heteroatoms. The molecule has 1 aliphatic heterocycles. The highest BCUT2D eigenvalue weighted by molar-refractivity contribution is 5.75. The molecular weight excluding hydrogens is 260 g/mol. The molecule has 1 N–H and O–H groups in total. The van der Waals surface area contributed by atoms with Gasteiger partial charge in [0.05, 0.1) is 25.6 Å². The second-order valence-electron chi connectivity index (χ2n) is 4.82. The Balaban J connectivity index is 1.90. The van der Waals surface area contributed by atoms with Crippen molar-refractivity contribution in [2.75, 3.05) is 13.2 Å². The highest BCUT2D eigenvalue weighted by Crippen LogP contribution is 2.31. The summed E-state index contributed by atoms with van der Waals surface area (Å²) in [4.78, 5) is 12.7. The van der Waals surface area contributed by atoms with Crippen LogP contribution in [-0.4, -0.2) is 43.9 Å². The van der Waals surface area contributed by atoms with Crippen molar-refractivity contribution in [2.24, 2.45) is 0 Å². The van der Waals surface area contributed by atoms with Gasteiger partial charge in [-0.3, -0.25) is 4.57 Å². The molecule has 0 saturated carbocycles. The fourth-order valence-electron chi connectivity index (χ4n) is 2.37. The van der Waals surface area contributed by atoms with Crippen molar-refractivity contribution in [3.05, 3.63) is 12.7 Å². The Hall–Kier alpha value is -1.73. The molecule has 2 unspecified atom stereocenters. The van der Waals surface area contributed by atoms with Gasteiger partial charge < -0.3 is 14.6 Å². The molecule has 2 aromatic rings. The number of aromatic nitrogens is 4. The number of nitrogens with zero attached hydrogens (tertiary/aromatic N) is 4. The van der Waals surface area contributed by atoms with E-state index in [-0.39, 0.29) is 18.9 Å². The van der Waals surface area contributed by atoms with Crippen LogP contribution in [0.15, 0.2) is 12.7 Å². The highest BCUT2D eigenvalue weighted by atomic mass is 16.5. The summed E-state index contributed by atoms with van der Waals surface area (Å²) < 4.78 is 13.2. The standard InChI is InChI=1S/C13H18N4O3/c1-2-5-19-13-11-12(14-7-15-13)17(8-16-11)10-4-3-9(6-18)20-10/h7-10,18H,2-6H2,1H3. The van der Waals surface area contributed by atoms with E-state index in [0.29, 0.717) is 23.7 Å². The van der Waals surface area contributed by atoms with Gasteiger partial charge in [-0.05, 0) is 19.3 Å². The quantitative estimate of drug-likeness (QED) is 0.887. The maximum atomic E-state index is 9.14. The van der Waals surface area contributed by atoms with E-state index in [2.05, 4.69) is 15.0 Å². The lowest BCUT2D eigenvalue weighted by molar-refractivity contribution is -0.0207. The van der Waals surface area contributed by atoms with Gasteiger partial charge in [0.2, 0.25) is 5.88 Å². The maximum Gasteiger partial charge on any atom is 0.245 e. The molecule has 3 heterocycles. The molecule has 2 atom stereocenters. The predicted octanol–water partition coefficient (Wildman–Crippen LogP) is 1.28. The SMILES string of the molecule is CCCOc1ncnc2c1ncn2C1CCC(CO)O1. The second-order valence-corrected chi connectivity index (χ2v) is 4.82. The van der Waals surface area contributed by atoms with Crippen LogP contribution < -0.4 is 4.74 Å². The van der Waals surface area contributed by atoms with E-state index in [1.54, 1.807) is 6.33 Å². The number of ether oxygens (including phenoxy) is 2. The lowest BCUT2D eigenvalue weighted by atomic mass is 10.2. The van der Waals surface area contributed by atoms with E-state index in [9.17, 15) is 0 Å². The minimum atomic E-state index is -0.133. The van der Waals surface area contributed by atoms with Gasteiger partial charge in [0, 0.05) is 0 Å². The fraction of sp³-hybridized carbons (Fsp3) is 0.615. The van der Waals surface area contributed by atoms with E-state index in [4.69, 9.17) is 14.6 Å². The lowest BCUT2D eigenvalue weighted by Crippen LogP contribution is -2.14. The molecule has 7 nitrogen and oxygen atoms in total. The summed E-state index contributed by atoms with van der Waals surface area (Å²) in [6, 6.07) is 0. The molecule has 0 bridgehead atoms. The summed E-state index contributed by atoms with van der Waals surface area (Å²) in [6.45, 7) is 2.69. The van der Waals surface area contributed by atoms with Crippen LogP contribution >= 0.6 is 0 Å². The average Bonchev–Trinajstić information content (AvgIpc) is 3.10. The van der Waals surface area contributed by atoms with Crippen LogP contribution in [0.25, 0.3) is 11.2 Å². The molecule has 1 saturated heterocycles. The van der Waals surface area contributed by atoms with Gasteiger partial charge in [-0.25, -0.2) is 9.97 Å². The Morgan fingerprint density at radius 2 is 2.30 bits per heavy atom. The predicted molar refractivity (Wildman–Crippen MR) is 71.3 cm³/mol. The minimum absolute atomic E-state index is 0.0446. The maximum absolute atomic E-state index is 9.14. The van der Waals surface area contributed by atoms with Crippen molar-refractivity contribution in [3.8, 4) is 5.88 Å². The van der Waals surface area contributed by atoms with Crippen molar-refractivity contribution in [3.63, 3.8) is 0 Å².